The largest absolute Gasteiger partial charge is 0.459 e. The molecule has 0 saturated carbocycles. The molecule has 3 rings (SSSR count). The van der Waals surface area contributed by atoms with Gasteiger partial charge in [0.1, 0.15) is 24.9 Å². The van der Waals surface area contributed by atoms with Gasteiger partial charge in [-0.1, -0.05) is 18.2 Å². The zero-order chi connectivity index (χ0) is 15.0. The van der Waals surface area contributed by atoms with Gasteiger partial charge in [0.25, 0.3) is 0 Å². The van der Waals surface area contributed by atoms with E-state index >= 15 is 0 Å². The number of carbonyl (C=O) groups excluding carboxylic acids is 1. The molecular weight excluding hydrogens is 276 g/mol. The molecule has 0 amide bonds. The Morgan fingerprint density at radius 3 is 2.67 bits per heavy atom. The summed E-state index contributed by atoms with van der Waals surface area (Å²) in [7, 11) is 0. The zero-order valence-electron chi connectivity index (χ0n) is 11.9. The van der Waals surface area contributed by atoms with Gasteiger partial charge in [0.2, 0.25) is 0 Å². The van der Waals surface area contributed by atoms with Gasteiger partial charge in [-0.3, -0.25) is 0 Å². The number of aliphatic hydroxyl groups is 1. The topological polar surface area (TPSA) is 74.2 Å². The van der Waals surface area contributed by atoms with Crippen molar-refractivity contribution >= 4 is 5.97 Å². The van der Waals surface area contributed by atoms with Crippen LogP contribution in [0.2, 0.25) is 0 Å². The minimum Gasteiger partial charge on any atom is -0.459 e. The second-order valence-electron chi connectivity index (χ2n) is 5.60. The van der Waals surface area contributed by atoms with Crippen LogP contribution in [0.3, 0.4) is 0 Å². The second-order valence-corrected chi connectivity index (χ2v) is 5.60. The minimum atomic E-state index is -0.889. The van der Waals surface area contributed by atoms with Gasteiger partial charge in [-0.15, -0.1) is 0 Å². The molecule has 6 heteroatoms. The number of hydrogen-bond donors (Lipinski definition) is 1. The van der Waals surface area contributed by atoms with Crippen molar-refractivity contribution < 1.29 is 28.8 Å². The maximum absolute atomic E-state index is 11.8. The Hall–Kier alpha value is -1.47. The first kappa shape index (κ1) is 14.5. The molecule has 4 atom stereocenters. The molecule has 21 heavy (non-hydrogen) atoms. The fourth-order valence-corrected chi connectivity index (χ4v) is 2.51. The molecule has 6 nitrogen and oxygen atoms in total. The Bertz CT molecular complexity index is 514. The normalized spacial score (nSPS) is 33.7. The van der Waals surface area contributed by atoms with Gasteiger partial charge in [-0.25, -0.2) is 4.79 Å². The highest BCUT2D eigenvalue weighted by molar-refractivity contribution is 5.89. The van der Waals surface area contributed by atoms with E-state index in [1.807, 2.05) is 6.07 Å². The highest BCUT2D eigenvalue weighted by Gasteiger charge is 2.54. The molecule has 2 heterocycles. The molecule has 0 aromatic heterocycles. The van der Waals surface area contributed by atoms with Crippen molar-refractivity contribution in [3.05, 3.63) is 35.9 Å². The highest BCUT2D eigenvalue weighted by Crippen LogP contribution is 2.37. The lowest BCUT2D eigenvalue weighted by molar-refractivity contribution is -0.218. The van der Waals surface area contributed by atoms with Crippen LogP contribution in [0.25, 0.3) is 0 Å². The van der Waals surface area contributed by atoms with Gasteiger partial charge in [-0.05, 0) is 26.0 Å². The zero-order valence-corrected chi connectivity index (χ0v) is 11.9. The Morgan fingerprint density at radius 1 is 1.29 bits per heavy atom. The average molecular weight is 294 g/mol. The summed E-state index contributed by atoms with van der Waals surface area (Å²) in [5, 5.41) is 10.2. The van der Waals surface area contributed by atoms with Crippen LogP contribution in [0.1, 0.15) is 24.2 Å². The molecule has 1 aromatic rings. The van der Waals surface area contributed by atoms with E-state index in [4.69, 9.17) is 18.9 Å². The lowest BCUT2D eigenvalue weighted by atomic mass is 10.1. The second kappa shape index (κ2) is 5.38. The van der Waals surface area contributed by atoms with Gasteiger partial charge >= 0.3 is 5.97 Å². The fourth-order valence-electron chi connectivity index (χ4n) is 2.51. The first-order valence-corrected chi connectivity index (χ1v) is 6.88. The molecule has 0 aliphatic carbocycles. The molecule has 2 fully saturated rings. The van der Waals surface area contributed by atoms with Crippen LogP contribution < -0.4 is 0 Å². The summed E-state index contributed by atoms with van der Waals surface area (Å²) < 4.78 is 21.8. The Kier molecular flexibility index (Phi) is 3.71. The monoisotopic (exact) mass is 294 g/mol. The Balaban J connectivity index is 1.55. The van der Waals surface area contributed by atoms with Crippen molar-refractivity contribution in [2.45, 2.75) is 44.2 Å². The molecule has 2 aliphatic heterocycles. The molecule has 1 N–H and O–H groups in total. The summed E-state index contributed by atoms with van der Waals surface area (Å²) in [5.74, 6) is -1.23. The van der Waals surface area contributed by atoms with E-state index in [0.717, 1.165) is 0 Å². The Morgan fingerprint density at radius 2 is 2.00 bits per heavy atom. The third-order valence-electron chi connectivity index (χ3n) is 3.50. The molecule has 2 aliphatic rings. The summed E-state index contributed by atoms with van der Waals surface area (Å²) in [6.07, 6.45) is -2.72. The van der Waals surface area contributed by atoms with Gasteiger partial charge < -0.3 is 24.1 Å². The summed E-state index contributed by atoms with van der Waals surface area (Å²) in [6.45, 7) is 3.46. The highest BCUT2D eigenvalue weighted by atomic mass is 16.8. The minimum absolute atomic E-state index is 0.0466. The number of aliphatic hydroxyl groups excluding tert-OH is 1. The van der Waals surface area contributed by atoms with Crippen molar-refractivity contribution in [1.29, 1.82) is 0 Å². The van der Waals surface area contributed by atoms with Gasteiger partial charge in [0.05, 0.1) is 5.56 Å². The standard InChI is InChI=1S/C15H18O6/c1-15(2)20-12-11(16)10(19-14(12)21-15)8-18-13(17)9-6-4-3-5-7-9/h3-7,10-12,14,16H,8H2,1-2H3/t10-,11+,12+,14+/m1/s1. The number of fused-ring (bicyclic) bond motifs is 1. The Labute approximate surface area is 122 Å². The van der Waals surface area contributed by atoms with Crippen LogP contribution in [0.4, 0.5) is 0 Å². The SMILES string of the molecule is CC1(C)O[C@@H]2O[C@H](COC(=O)c3ccccc3)[C@H](O)[C@@H]2O1. The van der Waals surface area contributed by atoms with Crippen molar-refractivity contribution in [3.8, 4) is 0 Å². The predicted molar refractivity (Wildman–Crippen MR) is 71.4 cm³/mol. The quantitative estimate of drug-likeness (QED) is 0.841. The molecular formula is C15H18O6. The number of ether oxygens (including phenoxy) is 4. The molecule has 0 radical (unpaired) electrons. The third-order valence-corrected chi connectivity index (χ3v) is 3.50. The summed E-state index contributed by atoms with van der Waals surface area (Å²) >= 11 is 0. The number of carbonyl (C=O) groups is 1. The predicted octanol–water partition coefficient (Wildman–Crippen LogP) is 1.08. The molecule has 0 bridgehead atoms. The van der Waals surface area contributed by atoms with Crippen LogP contribution >= 0.6 is 0 Å². The van der Waals surface area contributed by atoms with Crippen molar-refractivity contribution in [3.63, 3.8) is 0 Å². The van der Waals surface area contributed by atoms with Crippen LogP contribution in [0, 0.1) is 0 Å². The molecule has 114 valence electrons. The van der Waals surface area contributed by atoms with E-state index in [0.29, 0.717) is 5.56 Å². The number of hydrogen-bond acceptors (Lipinski definition) is 6. The van der Waals surface area contributed by atoms with Crippen molar-refractivity contribution in [1.82, 2.24) is 0 Å². The lowest BCUT2D eigenvalue weighted by Crippen LogP contribution is -2.37. The molecule has 0 spiro atoms. The van der Waals surface area contributed by atoms with Gasteiger partial charge in [0.15, 0.2) is 12.1 Å². The van der Waals surface area contributed by atoms with Crippen molar-refractivity contribution in [2.75, 3.05) is 6.61 Å². The average Bonchev–Trinajstić information content (AvgIpc) is 2.91. The number of esters is 1. The van der Waals surface area contributed by atoms with Crippen LogP contribution in [-0.2, 0) is 18.9 Å². The summed E-state index contributed by atoms with van der Waals surface area (Å²) in [5.41, 5.74) is 0.457. The number of benzene rings is 1. The maximum atomic E-state index is 11.8. The molecule has 0 unspecified atom stereocenters. The van der Waals surface area contributed by atoms with E-state index in [2.05, 4.69) is 0 Å². The third kappa shape index (κ3) is 2.94. The van der Waals surface area contributed by atoms with E-state index < -0.39 is 36.4 Å². The maximum Gasteiger partial charge on any atom is 0.338 e. The smallest absolute Gasteiger partial charge is 0.338 e. The van der Waals surface area contributed by atoms with Gasteiger partial charge in [0, 0.05) is 0 Å². The van der Waals surface area contributed by atoms with E-state index in [1.54, 1.807) is 38.1 Å². The lowest BCUT2D eigenvalue weighted by Gasteiger charge is -2.22. The first-order chi connectivity index (χ1) is 9.96. The van der Waals surface area contributed by atoms with Gasteiger partial charge in [-0.2, -0.15) is 0 Å². The van der Waals surface area contributed by atoms with Crippen LogP contribution in [0.15, 0.2) is 30.3 Å². The summed E-state index contributed by atoms with van der Waals surface area (Å²) in [4.78, 5) is 11.8. The van der Waals surface area contributed by atoms with E-state index in [1.165, 1.54) is 0 Å². The summed E-state index contributed by atoms with van der Waals surface area (Å²) in [6, 6.07) is 8.66. The number of rotatable bonds is 3. The van der Waals surface area contributed by atoms with Crippen molar-refractivity contribution in [2.24, 2.45) is 0 Å². The molecule has 1 aromatic carbocycles. The van der Waals surface area contributed by atoms with E-state index in [-0.39, 0.29) is 6.61 Å². The molecule has 2 saturated heterocycles. The van der Waals surface area contributed by atoms with Crippen LogP contribution in [0.5, 0.6) is 0 Å². The first-order valence-electron chi connectivity index (χ1n) is 6.88. The van der Waals surface area contributed by atoms with E-state index in [9.17, 15) is 9.90 Å². The fraction of sp³-hybridized carbons (Fsp3) is 0.533. The van der Waals surface area contributed by atoms with Crippen LogP contribution in [-0.4, -0.2) is 48.1 Å².